The molecule has 0 saturated heterocycles. The molecule has 0 saturated carbocycles. The molecule has 0 aliphatic carbocycles. The minimum atomic E-state index is -0.372. The van der Waals surface area contributed by atoms with Crippen LogP contribution in [0.25, 0.3) is 11.5 Å². The van der Waals surface area contributed by atoms with E-state index in [-0.39, 0.29) is 11.2 Å². The van der Waals surface area contributed by atoms with Gasteiger partial charge in [-0.25, -0.2) is 0 Å². The molecule has 2 aromatic heterocycles. The maximum absolute atomic E-state index is 12.4. The van der Waals surface area contributed by atoms with Crippen molar-refractivity contribution in [3.63, 3.8) is 0 Å². The summed E-state index contributed by atoms with van der Waals surface area (Å²) in [6.45, 7) is 5.79. The van der Waals surface area contributed by atoms with Crippen molar-refractivity contribution >= 4 is 23.4 Å². The summed E-state index contributed by atoms with van der Waals surface area (Å²) in [5.41, 5.74) is 3.74. The predicted octanol–water partition coefficient (Wildman–Crippen LogP) is 3.87. The third-order valence-electron chi connectivity index (χ3n) is 3.60. The van der Waals surface area contributed by atoms with Gasteiger partial charge in [0, 0.05) is 18.1 Å². The van der Waals surface area contributed by atoms with Gasteiger partial charge in [0.25, 0.3) is 5.22 Å². The number of aryl methyl sites for hydroxylation is 2. The van der Waals surface area contributed by atoms with Crippen molar-refractivity contribution in [2.24, 2.45) is 0 Å². The summed E-state index contributed by atoms with van der Waals surface area (Å²) in [6.07, 6.45) is 3.33. The Labute approximate surface area is 150 Å². The Hall–Kier alpha value is -2.67. The van der Waals surface area contributed by atoms with Crippen LogP contribution in [-0.2, 0) is 4.79 Å². The van der Waals surface area contributed by atoms with E-state index in [1.54, 1.807) is 25.4 Å². The van der Waals surface area contributed by atoms with E-state index in [1.807, 2.05) is 38.1 Å². The summed E-state index contributed by atoms with van der Waals surface area (Å²) in [5.74, 6) is 0.274. The Morgan fingerprint density at radius 2 is 2.08 bits per heavy atom. The van der Waals surface area contributed by atoms with Gasteiger partial charge in [-0.05, 0) is 44.5 Å². The highest BCUT2D eigenvalue weighted by molar-refractivity contribution is 8.00. The number of anilines is 1. The van der Waals surface area contributed by atoms with Crippen molar-refractivity contribution in [3.8, 4) is 11.5 Å². The third-order valence-corrected chi connectivity index (χ3v) is 4.54. The van der Waals surface area contributed by atoms with Crippen LogP contribution in [-0.4, -0.2) is 26.3 Å². The first kappa shape index (κ1) is 17.2. The highest BCUT2D eigenvalue weighted by Crippen LogP contribution is 2.26. The molecular weight excluding hydrogens is 336 g/mol. The van der Waals surface area contributed by atoms with E-state index in [0.29, 0.717) is 11.1 Å². The highest BCUT2D eigenvalue weighted by Gasteiger charge is 2.19. The second-order valence-electron chi connectivity index (χ2n) is 5.68. The Kier molecular flexibility index (Phi) is 5.14. The molecule has 128 valence electrons. The summed E-state index contributed by atoms with van der Waals surface area (Å²) in [6, 6.07) is 9.55. The summed E-state index contributed by atoms with van der Waals surface area (Å²) in [7, 11) is 0. The average Bonchev–Trinajstić information content (AvgIpc) is 3.06. The molecule has 0 bridgehead atoms. The van der Waals surface area contributed by atoms with Gasteiger partial charge in [-0.3, -0.25) is 9.78 Å². The molecule has 0 spiro atoms. The summed E-state index contributed by atoms with van der Waals surface area (Å²) in [4.78, 5) is 16.4. The molecule has 2 heterocycles. The zero-order valence-electron chi connectivity index (χ0n) is 14.2. The van der Waals surface area contributed by atoms with Crippen molar-refractivity contribution in [2.75, 3.05) is 5.32 Å². The molecule has 3 aromatic rings. The number of aromatic nitrogens is 3. The molecule has 0 radical (unpaired) electrons. The molecule has 0 fully saturated rings. The van der Waals surface area contributed by atoms with E-state index in [9.17, 15) is 4.79 Å². The maximum atomic E-state index is 12.4. The number of nitrogens with one attached hydrogen (secondary N) is 1. The zero-order chi connectivity index (χ0) is 17.8. The number of nitrogens with zero attached hydrogens (tertiary/aromatic N) is 3. The molecule has 0 aliphatic rings. The van der Waals surface area contributed by atoms with Crippen LogP contribution in [0.1, 0.15) is 18.1 Å². The number of carbonyl (C=O) groups excluding carboxylic acids is 1. The standard InChI is InChI=1S/C18H18N4O2S/c1-11-6-7-15(12(2)9-11)20-16(23)13(3)25-18-22-21-17(24-18)14-5-4-8-19-10-14/h4-10,13H,1-3H3,(H,20,23). The lowest BCUT2D eigenvalue weighted by Gasteiger charge is -2.12. The van der Waals surface area contributed by atoms with Gasteiger partial charge >= 0.3 is 0 Å². The lowest BCUT2D eigenvalue weighted by molar-refractivity contribution is -0.115. The summed E-state index contributed by atoms with van der Waals surface area (Å²) < 4.78 is 5.60. The molecule has 1 amide bonds. The molecule has 25 heavy (non-hydrogen) atoms. The predicted molar refractivity (Wildman–Crippen MR) is 97.4 cm³/mol. The fourth-order valence-electron chi connectivity index (χ4n) is 2.26. The van der Waals surface area contributed by atoms with E-state index in [4.69, 9.17) is 4.42 Å². The Morgan fingerprint density at radius 1 is 1.24 bits per heavy atom. The van der Waals surface area contributed by atoms with Gasteiger partial charge in [0.05, 0.1) is 10.8 Å². The molecule has 3 rings (SSSR count). The van der Waals surface area contributed by atoms with Crippen LogP contribution < -0.4 is 5.32 Å². The fourth-order valence-corrected chi connectivity index (χ4v) is 2.94. The van der Waals surface area contributed by atoms with Crippen LogP contribution in [0.5, 0.6) is 0 Å². The molecular formula is C18H18N4O2S. The third kappa shape index (κ3) is 4.24. The van der Waals surface area contributed by atoms with Gasteiger partial charge in [-0.1, -0.05) is 29.5 Å². The van der Waals surface area contributed by atoms with Crippen LogP contribution in [0.2, 0.25) is 0 Å². The van der Waals surface area contributed by atoms with Gasteiger partial charge in [0.15, 0.2) is 0 Å². The van der Waals surface area contributed by atoms with Crippen molar-refractivity contribution in [2.45, 2.75) is 31.2 Å². The van der Waals surface area contributed by atoms with E-state index in [1.165, 1.54) is 11.8 Å². The van der Waals surface area contributed by atoms with E-state index in [0.717, 1.165) is 22.4 Å². The first-order chi connectivity index (χ1) is 12.0. The molecule has 1 aromatic carbocycles. The van der Waals surface area contributed by atoms with Gasteiger partial charge in [-0.2, -0.15) is 0 Å². The van der Waals surface area contributed by atoms with E-state index < -0.39 is 0 Å². The number of benzene rings is 1. The number of hydrogen-bond acceptors (Lipinski definition) is 6. The number of pyridine rings is 1. The minimum absolute atomic E-state index is 0.113. The maximum Gasteiger partial charge on any atom is 0.277 e. The quantitative estimate of drug-likeness (QED) is 0.701. The smallest absolute Gasteiger partial charge is 0.277 e. The molecule has 1 atom stereocenters. The summed E-state index contributed by atoms with van der Waals surface area (Å²) >= 11 is 1.22. The number of rotatable bonds is 5. The highest BCUT2D eigenvalue weighted by atomic mass is 32.2. The number of hydrogen-bond donors (Lipinski definition) is 1. The van der Waals surface area contributed by atoms with Crippen molar-refractivity contribution in [1.29, 1.82) is 0 Å². The van der Waals surface area contributed by atoms with E-state index >= 15 is 0 Å². The first-order valence-electron chi connectivity index (χ1n) is 7.81. The van der Waals surface area contributed by atoms with Crippen LogP contribution in [0.4, 0.5) is 5.69 Å². The lowest BCUT2D eigenvalue weighted by atomic mass is 10.1. The fraction of sp³-hybridized carbons (Fsp3) is 0.222. The minimum Gasteiger partial charge on any atom is -0.411 e. The van der Waals surface area contributed by atoms with Crippen LogP contribution in [0.15, 0.2) is 52.4 Å². The van der Waals surface area contributed by atoms with Crippen LogP contribution >= 0.6 is 11.8 Å². The van der Waals surface area contributed by atoms with E-state index in [2.05, 4.69) is 20.5 Å². The molecule has 1 unspecified atom stereocenters. The SMILES string of the molecule is Cc1ccc(NC(=O)C(C)Sc2nnc(-c3cccnc3)o2)c(C)c1. The van der Waals surface area contributed by atoms with Crippen LogP contribution in [0.3, 0.4) is 0 Å². The van der Waals surface area contributed by atoms with Crippen molar-refractivity contribution < 1.29 is 9.21 Å². The van der Waals surface area contributed by atoms with Crippen molar-refractivity contribution in [3.05, 3.63) is 53.9 Å². The molecule has 0 aliphatic heterocycles. The lowest BCUT2D eigenvalue weighted by Crippen LogP contribution is -2.22. The number of thioether (sulfide) groups is 1. The Morgan fingerprint density at radius 3 is 2.80 bits per heavy atom. The van der Waals surface area contributed by atoms with Crippen LogP contribution in [0, 0.1) is 13.8 Å². The second kappa shape index (κ2) is 7.48. The van der Waals surface area contributed by atoms with Gasteiger partial charge < -0.3 is 9.73 Å². The zero-order valence-corrected chi connectivity index (χ0v) is 15.0. The monoisotopic (exact) mass is 354 g/mol. The first-order valence-corrected chi connectivity index (χ1v) is 8.69. The van der Waals surface area contributed by atoms with Gasteiger partial charge in [0.1, 0.15) is 0 Å². The van der Waals surface area contributed by atoms with Gasteiger partial charge in [-0.15, -0.1) is 10.2 Å². The number of carbonyl (C=O) groups is 1. The molecule has 6 nitrogen and oxygen atoms in total. The number of amides is 1. The normalized spacial score (nSPS) is 12.0. The topological polar surface area (TPSA) is 80.9 Å². The molecule has 1 N–H and O–H groups in total. The van der Waals surface area contributed by atoms with Crippen molar-refractivity contribution in [1.82, 2.24) is 15.2 Å². The Bertz CT molecular complexity index is 880. The average molecular weight is 354 g/mol. The molecule has 7 heteroatoms. The Balaban J connectivity index is 1.65. The van der Waals surface area contributed by atoms with Gasteiger partial charge in [0.2, 0.25) is 11.8 Å². The second-order valence-corrected chi connectivity index (χ2v) is 6.97. The summed E-state index contributed by atoms with van der Waals surface area (Å²) in [5, 5.41) is 10.9. The largest absolute Gasteiger partial charge is 0.411 e.